The number of hydrogen-bond donors (Lipinski definition) is 2. The summed E-state index contributed by atoms with van der Waals surface area (Å²) in [6.45, 7) is 3.66. The molecule has 0 radical (unpaired) electrons. The second-order valence-electron chi connectivity index (χ2n) is 5.92. The van der Waals surface area contributed by atoms with E-state index >= 15 is 0 Å². The average molecular weight is 472 g/mol. The van der Waals surface area contributed by atoms with Crippen LogP contribution in [0.5, 0.6) is 5.75 Å². The molecule has 7 heteroatoms. The maximum absolute atomic E-state index is 5.94. The molecule has 5 nitrogen and oxygen atoms in total. The highest BCUT2D eigenvalue weighted by Gasteiger charge is 2.22. The van der Waals surface area contributed by atoms with Gasteiger partial charge in [0.15, 0.2) is 5.96 Å². The number of guanidine groups is 1. The minimum absolute atomic E-state index is 0. The van der Waals surface area contributed by atoms with E-state index in [1.165, 1.54) is 10.6 Å². The molecule has 0 fully saturated rings. The van der Waals surface area contributed by atoms with Crippen LogP contribution in [0.4, 0.5) is 0 Å². The summed E-state index contributed by atoms with van der Waals surface area (Å²) >= 11 is 1.73. The second kappa shape index (κ2) is 9.96. The molecule has 1 atom stereocenters. The van der Waals surface area contributed by atoms with Gasteiger partial charge in [0, 0.05) is 37.5 Å². The highest BCUT2D eigenvalue weighted by atomic mass is 127. The van der Waals surface area contributed by atoms with Gasteiger partial charge in [-0.3, -0.25) is 4.99 Å². The largest absolute Gasteiger partial charge is 0.488 e. The lowest BCUT2D eigenvalue weighted by molar-refractivity contribution is 0.235. The Kier molecular flexibility index (Phi) is 7.95. The molecule has 1 aliphatic rings. The molecule has 1 unspecified atom stereocenters. The molecule has 1 aliphatic heterocycles. The number of rotatable bonds is 6. The molecular formula is C18H25IN4OS. The van der Waals surface area contributed by atoms with Crippen molar-refractivity contribution >= 4 is 41.3 Å². The van der Waals surface area contributed by atoms with Crippen LogP contribution in [0.25, 0.3) is 0 Å². The van der Waals surface area contributed by atoms with Gasteiger partial charge in [0.25, 0.3) is 0 Å². The van der Waals surface area contributed by atoms with Crippen LogP contribution in [-0.4, -0.2) is 37.2 Å². The summed E-state index contributed by atoms with van der Waals surface area (Å²) in [5.74, 6) is 1.83. The molecule has 2 heterocycles. The van der Waals surface area contributed by atoms with Crippen molar-refractivity contribution in [3.05, 3.63) is 45.9 Å². The molecule has 3 rings (SSSR count). The van der Waals surface area contributed by atoms with Crippen LogP contribution >= 0.6 is 35.3 Å². The third kappa shape index (κ3) is 5.85. The van der Waals surface area contributed by atoms with Gasteiger partial charge in [-0.15, -0.1) is 35.3 Å². The number of hydrogen-bond acceptors (Lipinski definition) is 4. The number of nitrogens with zero attached hydrogens (tertiary/aromatic N) is 2. The fourth-order valence-electron chi connectivity index (χ4n) is 2.76. The highest BCUT2D eigenvalue weighted by molar-refractivity contribution is 14.0. The summed E-state index contributed by atoms with van der Waals surface area (Å²) in [7, 11) is 1.80. The minimum Gasteiger partial charge on any atom is -0.488 e. The topological polar surface area (TPSA) is 58.5 Å². The summed E-state index contributed by atoms with van der Waals surface area (Å²) in [6.07, 6.45) is 3.16. The Morgan fingerprint density at radius 3 is 2.92 bits per heavy atom. The van der Waals surface area contributed by atoms with E-state index in [2.05, 4.69) is 38.1 Å². The van der Waals surface area contributed by atoms with Gasteiger partial charge in [0.2, 0.25) is 0 Å². The fourth-order valence-corrected chi connectivity index (χ4v) is 3.58. The molecule has 136 valence electrons. The van der Waals surface area contributed by atoms with E-state index in [4.69, 9.17) is 4.74 Å². The Morgan fingerprint density at radius 1 is 1.36 bits per heavy atom. The predicted octanol–water partition coefficient (Wildman–Crippen LogP) is 3.17. The third-order valence-electron chi connectivity index (χ3n) is 3.96. The zero-order chi connectivity index (χ0) is 16.8. The maximum atomic E-state index is 5.94. The number of ether oxygens (including phenoxy) is 1. The Bertz CT molecular complexity index is 679. The Morgan fingerprint density at radius 2 is 2.20 bits per heavy atom. The van der Waals surface area contributed by atoms with Gasteiger partial charge in [-0.25, -0.2) is 4.98 Å². The lowest BCUT2D eigenvalue weighted by atomic mass is 10.1. The summed E-state index contributed by atoms with van der Waals surface area (Å²) in [4.78, 5) is 8.76. The van der Waals surface area contributed by atoms with Gasteiger partial charge in [-0.1, -0.05) is 18.2 Å². The summed E-state index contributed by atoms with van der Waals surface area (Å²) < 4.78 is 5.94. The number of nitrogens with one attached hydrogen (secondary N) is 2. The van der Waals surface area contributed by atoms with Gasteiger partial charge < -0.3 is 15.4 Å². The predicted molar refractivity (Wildman–Crippen MR) is 115 cm³/mol. The van der Waals surface area contributed by atoms with Crippen molar-refractivity contribution < 1.29 is 4.74 Å². The van der Waals surface area contributed by atoms with Crippen molar-refractivity contribution in [1.82, 2.24) is 15.6 Å². The molecule has 0 bridgehead atoms. The lowest BCUT2D eigenvalue weighted by Crippen LogP contribution is -2.42. The molecule has 0 amide bonds. The fraction of sp³-hybridized carbons (Fsp3) is 0.444. The van der Waals surface area contributed by atoms with Gasteiger partial charge in [-0.2, -0.15) is 0 Å². The third-order valence-corrected chi connectivity index (χ3v) is 4.99. The van der Waals surface area contributed by atoms with Gasteiger partial charge >= 0.3 is 0 Å². The van der Waals surface area contributed by atoms with E-state index in [1.807, 2.05) is 19.1 Å². The minimum atomic E-state index is 0. The van der Waals surface area contributed by atoms with Gasteiger partial charge in [0.1, 0.15) is 11.9 Å². The van der Waals surface area contributed by atoms with E-state index in [1.54, 1.807) is 18.4 Å². The van der Waals surface area contributed by atoms with Crippen LogP contribution in [-0.2, 0) is 12.8 Å². The SMILES string of the molecule is CN=C(NCCCc1nc(C)cs1)NCC1Cc2ccccc2O1.I. The van der Waals surface area contributed by atoms with Gasteiger partial charge in [0.05, 0.1) is 11.6 Å². The molecule has 0 saturated carbocycles. The van der Waals surface area contributed by atoms with Crippen molar-refractivity contribution in [2.75, 3.05) is 20.1 Å². The number of thiazole rings is 1. The van der Waals surface area contributed by atoms with Crippen LogP contribution in [0, 0.1) is 6.92 Å². The molecule has 0 saturated heterocycles. The highest BCUT2D eigenvalue weighted by Crippen LogP contribution is 2.27. The van der Waals surface area contributed by atoms with E-state index in [-0.39, 0.29) is 30.1 Å². The number of aryl methyl sites for hydroxylation is 2. The standard InChI is InChI=1S/C18H24N4OS.HI/c1-13-12-24-17(22-13)8-5-9-20-18(19-2)21-11-15-10-14-6-3-4-7-16(14)23-15;/h3-4,6-7,12,15H,5,8-11H2,1-2H3,(H2,19,20,21);1H. The lowest BCUT2D eigenvalue weighted by Gasteiger charge is -2.15. The quantitative estimate of drug-likeness (QED) is 0.294. The second-order valence-corrected chi connectivity index (χ2v) is 6.86. The molecule has 1 aromatic heterocycles. The first-order valence-corrected chi connectivity index (χ1v) is 9.22. The number of para-hydroxylation sites is 1. The Hall–Kier alpha value is -1.35. The normalized spacial score (nSPS) is 15.9. The first-order chi connectivity index (χ1) is 11.7. The zero-order valence-corrected chi connectivity index (χ0v) is 17.8. The molecule has 25 heavy (non-hydrogen) atoms. The summed E-state index contributed by atoms with van der Waals surface area (Å²) in [5, 5.41) is 10.0. The van der Waals surface area contributed by atoms with E-state index in [0.29, 0.717) is 0 Å². The van der Waals surface area contributed by atoms with E-state index < -0.39 is 0 Å². The van der Waals surface area contributed by atoms with Crippen LogP contribution in [0.1, 0.15) is 22.7 Å². The van der Waals surface area contributed by atoms with E-state index in [0.717, 1.165) is 49.8 Å². The number of fused-ring (bicyclic) bond motifs is 1. The molecule has 1 aromatic carbocycles. The molecular weight excluding hydrogens is 447 g/mol. The van der Waals surface area contributed by atoms with E-state index in [9.17, 15) is 0 Å². The van der Waals surface area contributed by atoms with Crippen LogP contribution < -0.4 is 15.4 Å². The molecule has 0 spiro atoms. The molecule has 2 N–H and O–H groups in total. The van der Waals surface area contributed by atoms with Crippen molar-refractivity contribution in [3.8, 4) is 5.75 Å². The van der Waals surface area contributed by atoms with Crippen molar-refractivity contribution in [3.63, 3.8) is 0 Å². The number of aromatic nitrogens is 1. The summed E-state index contributed by atoms with van der Waals surface area (Å²) in [5.41, 5.74) is 2.39. The smallest absolute Gasteiger partial charge is 0.191 e. The van der Waals surface area contributed by atoms with Crippen molar-refractivity contribution in [2.24, 2.45) is 4.99 Å². The Labute approximate surface area is 170 Å². The number of halogens is 1. The van der Waals surface area contributed by atoms with Gasteiger partial charge in [-0.05, 0) is 25.0 Å². The van der Waals surface area contributed by atoms with Crippen molar-refractivity contribution in [1.29, 1.82) is 0 Å². The molecule has 2 aromatic rings. The zero-order valence-electron chi connectivity index (χ0n) is 14.6. The van der Waals surface area contributed by atoms with Crippen LogP contribution in [0.3, 0.4) is 0 Å². The van der Waals surface area contributed by atoms with Crippen LogP contribution in [0.15, 0.2) is 34.6 Å². The Balaban J connectivity index is 0.00000225. The van der Waals surface area contributed by atoms with Crippen LogP contribution in [0.2, 0.25) is 0 Å². The molecule has 0 aliphatic carbocycles. The monoisotopic (exact) mass is 472 g/mol. The number of benzene rings is 1. The first kappa shape index (κ1) is 20.0. The number of aliphatic imine (C=N–C) groups is 1. The van der Waals surface area contributed by atoms with Crippen molar-refractivity contribution in [2.45, 2.75) is 32.3 Å². The average Bonchev–Trinajstić information content (AvgIpc) is 3.19. The maximum Gasteiger partial charge on any atom is 0.191 e. The first-order valence-electron chi connectivity index (χ1n) is 8.34. The summed E-state index contributed by atoms with van der Waals surface area (Å²) in [6, 6.07) is 8.23.